The van der Waals surface area contributed by atoms with Gasteiger partial charge in [0.2, 0.25) is 0 Å². The summed E-state index contributed by atoms with van der Waals surface area (Å²) >= 11 is 6.20. The molecule has 0 radical (unpaired) electrons. The van der Waals surface area contributed by atoms with Gasteiger partial charge in [0.25, 0.3) is 0 Å². The smallest absolute Gasteiger partial charge is 0.121 e. The molecule has 1 aromatic rings. The Kier molecular flexibility index (Phi) is 3.96. The highest BCUT2D eigenvalue weighted by atomic mass is 35.5. The molecule has 2 rings (SSSR count). The van der Waals surface area contributed by atoms with Crippen molar-refractivity contribution in [2.75, 3.05) is 40.8 Å². The second kappa shape index (κ2) is 5.17. The van der Waals surface area contributed by atoms with E-state index in [9.17, 15) is 5.11 Å². The second-order valence-corrected chi connectivity index (χ2v) is 5.79. The van der Waals surface area contributed by atoms with Crippen LogP contribution in [-0.4, -0.2) is 65.5 Å². The Bertz CT molecular complexity index is 420. The van der Waals surface area contributed by atoms with Gasteiger partial charge in [-0.15, -0.1) is 0 Å². The largest absolute Gasteiger partial charge is 0.382 e. The summed E-state index contributed by atoms with van der Waals surface area (Å²) in [5, 5.41) is 15.6. The van der Waals surface area contributed by atoms with Crippen molar-refractivity contribution in [1.82, 2.24) is 19.6 Å². The molecular weight excluding hydrogens is 252 g/mol. The molecular formula is C12H21ClN4O. The van der Waals surface area contributed by atoms with Crippen molar-refractivity contribution in [2.24, 2.45) is 0 Å². The van der Waals surface area contributed by atoms with Gasteiger partial charge in [-0.25, -0.2) is 0 Å². The van der Waals surface area contributed by atoms with Gasteiger partial charge >= 0.3 is 0 Å². The summed E-state index contributed by atoms with van der Waals surface area (Å²) in [5.74, 6) is 0. The predicted octanol–water partition coefficient (Wildman–Crippen LogP) is 0.621. The third-order valence-corrected chi connectivity index (χ3v) is 3.71. The summed E-state index contributed by atoms with van der Waals surface area (Å²) < 4.78 is 1.83. The Hall–Kier alpha value is -0.620. The van der Waals surface area contributed by atoms with Crippen LogP contribution in [0.1, 0.15) is 12.1 Å². The van der Waals surface area contributed by atoms with Gasteiger partial charge in [-0.3, -0.25) is 4.68 Å². The van der Waals surface area contributed by atoms with E-state index in [-0.39, 0.29) is 0 Å². The molecule has 1 aromatic heterocycles. The van der Waals surface area contributed by atoms with Gasteiger partial charge in [-0.2, -0.15) is 5.10 Å². The van der Waals surface area contributed by atoms with Crippen LogP contribution in [0.2, 0.25) is 5.02 Å². The van der Waals surface area contributed by atoms with Crippen LogP contribution in [0.25, 0.3) is 0 Å². The van der Waals surface area contributed by atoms with Crippen molar-refractivity contribution in [1.29, 1.82) is 0 Å². The third kappa shape index (κ3) is 2.69. The number of hydrogen-bond acceptors (Lipinski definition) is 4. The van der Waals surface area contributed by atoms with Crippen molar-refractivity contribution >= 4 is 11.6 Å². The van der Waals surface area contributed by atoms with E-state index in [2.05, 4.69) is 14.9 Å². The Labute approximate surface area is 113 Å². The summed E-state index contributed by atoms with van der Waals surface area (Å²) in [6, 6.07) is 0. The van der Waals surface area contributed by atoms with Crippen LogP contribution in [0.5, 0.6) is 0 Å². The Balaban J connectivity index is 2.23. The van der Waals surface area contributed by atoms with Crippen LogP contribution < -0.4 is 0 Å². The molecule has 0 bridgehead atoms. The number of likely N-dealkylation sites (N-methyl/N-ethyl adjacent to an activating group) is 2. The average molecular weight is 273 g/mol. The molecule has 1 saturated heterocycles. The molecule has 102 valence electrons. The summed E-state index contributed by atoms with van der Waals surface area (Å²) in [6.45, 7) is 3.10. The Morgan fingerprint density at radius 1 is 1.56 bits per heavy atom. The molecule has 0 saturated carbocycles. The van der Waals surface area contributed by atoms with Crippen molar-refractivity contribution in [2.45, 2.75) is 18.6 Å². The summed E-state index contributed by atoms with van der Waals surface area (Å²) in [4.78, 5) is 4.20. The van der Waals surface area contributed by atoms with E-state index in [0.29, 0.717) is 18.0 Å². The molecule has 1 aliphatic rings. The molecule has 0 spiro atoms. The van der Waals surface area contributed by atoms with E-state index in [0.717, 1.165) is 25.3 Å². The Morgan fingerprint density at radius 2 is 2.28 bits per heavy atom. The molecule has 2 heterocycles. The first-order valence-corrected chi connectivity index (χ1v) is 6.57. The number of rotatable bonds is 4. The lowest BCUT2D eigenvalue weighted by Crippen LogP contribution is -2.33. The molecule has 1 atom stereocenters. The zero-order chi connectivity index (χ0) is 13.3. The van der Waals surface area contributed by atoms with Gasteiger partial charge in [0.15, 0.2) is 0 Å². The fourth-order valence-corrected chi connectivity index (χ4v) is 2.78. The van der Waals surface area contributed by atoms with Gasteiger partial charge < -0.3 is 14.9 Å². The molecule has 18 heavy (non-hydrogen) atoms. The summed E-state index contributed by atoms with van der Waals surface area (Å²) in [5.41, 5.74) is -0.107. The normalized spacial score (nSPS) is 25.2. The lowest BCUT2D eigenvalue weighted by molar-refractivity contribution is 0.0392. The number of halogens is 1. The highest BCUT2D eigenvalue weighted by Crippen LogP contribution is 2.35. The molecule has 1 N–H and O–H groups in total. The van der Waals surface area contributed by atoms with Crippen LogP contribution in [0.3, 0.4) is 0 Å². The zero-order valence-corrected chi connectivity index (χ0v) is 12.0. The standard InChI is InChI=1S/C12H21ClN4O/c1-15(2)6-7-17-11(10(13)8-14-17)12(18)4-5-16(3)9-12/h8,18H,4-7,9H2,1-3H3. The second-order valence-electron chi connectivity index (χ2n) is 5.39. The maximum absolute atomic E-state index is 10.7. The first-order valence-electron chi connectivity index (χ1n) is 6.20. The molecule has 0 aliphatic carbocycles. The predicted molar refractivity (Wildman–Crippen MR) is 71.8 cm³/mol. The number of aromatic nitrogens is 2. The number of nitrogens with zero attached hydrogens (tertiary/aromatic N) is 4. The lowest BCUT2D eigenvalue weighted by atomic mass is 9.99. The SMILES string of the molecule is CN(C)CCn1ncc(Cl)c1C1(O)CCN(C)C1. The zero-order valence-electron chi connectivity index (χ0n) is 11.2. The molecule has 0 amide bonds. The minimum absolute atomic E-state index is 0.562. The van der Waals surface area contributed by atoms with Gasteiger partial charge in [0.1, 0.15) is 5.60 Å². The molecule has 1 fully saturated rings. The maximum Gasteiger partial charge on any atom is 0.121 e. The molecule has 6 heteroatoms. The minimum Gasteiger partial charge on any atom is -0.382 e. The highest BCUT2D eigenvalue weighted by Gasteiger charge is 2.40. The number of hydrogen-bond donors (Lipinski definition) is 1. The number of aliphatic hydroxyl groups is 1. The molecule has 5 nitrogen and oxygen atoms in total. The number of β-amino-alcohol motifs (C(OH)–C–C–N with tert-alkyl or cyclic N) is 1. The average Bonchev–Trinajstić information content (AvgIpc) is 2.80. The van der Waals surface area contributed by atoms with E-state index in [1.54, 1.807) is 6.20 Å². The number of likely N-dealkylation sites (tertiary alicyclic amines) is 1. The minimum atomic E-state index is -0.866. The van der Waals surface area contributed by atoms with Crippen LogP contribution in [-0.2, 0) is 12.1 Å². The van der Waals surface area contributed by atoms with E-state index >= 15 is 0 Å². The fourth-order valence-electron chi connectivity index (χ4n) is 2.46. The van der Waals surface area contributed by atoms with Crippen LogP contribution in [0.15, 0.2) is 6.20 Å². The maximum atomic E-state index is 10.7. The molecule has 1 aliphatic heterocycles. The molecule has 0 aromatic carbocycles. The third-order valence-electron chi connectivity index (χ3n) is 3.43. The first kappa shape index (κ1) is 13.8. The van der Waals surface area contributed by atoms with E-state index in [4.69, 9.17) is 11.6 Å². The Morgan fingerprint density at radius 3 is 2.83 bits per heavy atom. The van der Waals surface area contributed by atoms with E-state index < -0.39 is 5.60 Å². The lowest BCUT2D eigenvalue weighted by Gasteiger charge is -2.24. The van der Waals surface area contributed by atoms with Gasteiger partial charge in [-0.1, -0.05) is 11.6 Å². The summed E-state index contributed by atoms with van der Waals surface area (Å²) in [7, 11) is 6.04. The van der Waals surface area contributed by atoms with Crippen molar-refractivity contribution in [3.8, 4) is 0 Å². The van der Waals surface area contributed by atoms with Crippen molar-refractivity contribution in [3.63, 3.8) is 0 Å². The van der Waals surface area contributed by atoms with Gasteiger partial charge in [0.05, 0.1) is 23.5 Å². The van der Waals surface area contributed by atoms with Crippen LogP contribution in [0, 0.1) is 0 Å². The fraction of sp³-hybridized carbons (Fsp3) is 0.750. The molecule has 1 unspecified atom stereocenters. The van der Waals surface area contributed by atoms with Gasteiger partial charge in [0, 0.05) is 19.6 Å². The summed E-state index contributed by atoms with van der Waals surface area (Å²) in [6.07, 6.45) is 2.33. The topological polar surface area (TPSA) is 44.5 Å². The van der Waals surface area contributed by atoms with E-state index in [1.807, 2.05) is 25.8 Å². The van der Waals surface area contributed by atoms with Gasteiger partial charge in [-0.05, 0) is 27.6 Å². The van der Waals surface area contributed by atoms with Crippen LogP contribution in [0.4, 0.5) is 0 Å². The van der Waals surface area contributed by atoms with Crippen molar-refractivity contribution in [3.05, 3.63) is 16.9 Å². The van der Waals surface area contributed by atoms with E-state index in [1.165, 1.54) is 0 Å². The first-order chi connectivity index (χ1) is 8.42. The van der Waals surface area contributed by atoms with Crippen LogP contribution >= 0.6 is 11.6 Å². The monoisotopic (exact) mass is 272 g/mol. The van der Waals surface area contributed by atoms with Crippen molar-refractivity contribution < 1.29 is 5.11 Å². The highest BCUT2D eigenvalue weighted by molar-refractivity contribution is 6.31. The quantitative estimate of drug-likeness (QED) is 0.873.